The van der Waals surface area contributed by atoms with E-state index in [1.54, 1.807) is 0 Å². The molecule has 0 saturated carbocycles. The van der Waals surface area contributed by atoms with Crippen molar-refractivity contribution in [3.8, 4) is 0 Å². The van der Waals surface area contributed by atoms with Crippen molar-refractivity contribution in [2.24, 2.45) is 5.92 Å². The molecule has 0 radical (unpaired) electrons. The number of carbonyl (C=O) groups excluding carboxylic acids is 2. The molecule has 2 N–H and O–H groups in total. The van der Waals surface area contributed by atoms with Gasteiger partial charge in [-0.25, -0.2) is 0 Å². The van der Waals surface area contributed by atoms with Crippen LogP contribution in [-0.2, 0) is 16.1 Å². The van der Waals surface area contributed by atoms with Crippen LogP contribution in [0.5, 0.6) is 0 Å². The molecule has 0 unspecified atom stereocenters. The number of aromatic nitrogens is 2. The summed E-state index contributed by atoms with van der Waals surface area (Å²) in [7, 11) is 0. The van der Waals surface area contributed by atoms with Crippen molar-refractivity contribution < 1.29 is 9.59 Å². The number of hydrogen-bond donors (Lipinski definition) is 2. The lowest BCUT2D eigenvalue weighted by atomic mass is 10.0. The zero-order valence-corrected chi connectivity index (χ0v) is 16.0. The van der Waals surface area contributed by atoms with Crippen LogP contribution in [0.4, 0.5) is 5.13 Å². The smallest absolute Gasteiger partial charge is 0.230 e. The Morgan fingerprint density at radius 1 is 1.16 bits per heavy atom. The molecule has 0 fully saturated rings. The predicted molar refractivity (Wildman–Crippen MR) is 102 cm³/mol. The van der Waals surface area contributed by atoms with Crippen LogP contribution in [0.15, 0.2) is 34.7 Å². The highest BCUT2D eigenvalue weighted by Crippen LogP contribution is 2.26. The van der Waals surface area contributed by atoms with Crippen LogP contribution < -0.4 is 10.6 Å². The Morgan fingerprint density at radius 3 is 2.56 bits per heavy atom. The molecular weight excluding hydrogens is 356 g/mol. The number of rotatable bonds is 9. The van der Waals surface area contributed by atoms with Crippen molar-refractivity contribution in [1.29, 1.82) is 0 Å². The number of thioether (sulfide) groups is 1. The highest BCUT2D eigenvalue weighted by Gasteiger charge is 2.16. The van der Waals surface area contributed by atoms with E-state index in [4.69, 9.17) is 0 Å². The van der Waals surface area contributed by atoms with Gasteiger partial charge in [-0.2, -0.15) is 0 Å². The first-order valence-electron chi connectivity index (χ1n) is 8.20. The summed E-state index contributed by atoms with van der Waals surface area (Å²) in [5.41, 5.74) is 1.06. The van der Waals surface area contributed by atoms with Gasteiger partial charge >= 0.3 is 0 Å². The van der Waals surface area contributed by atoms with Gasteiger partial charge in [0.15, 0.2) is 4.34 Å². The molecule has 1 heterocycles. The summed E-state index contributed by atoms with van der Waals surface area (Å²) in [5.74, 6) is 0.163. The van der Waals surface area contributed by atoms with E-state index in [1.807, 2.05) is 44.2 Å². The summed E-state index contributed by atoms with van der Waals surface area (Å²) in [6, 6.07) is 9.75. The van der Waals surface area contributed by atoms with Crippen LogP contribution in [0.25, 0.3) is 0 Å². The van der Waals surface area contributed by atoms with E-state index in [9.17, 15) is 9.59 Å². The average molecular weight is 379 g/mol. The fourth-order valence-electron chi connectivity index (χ4n) is 2.16. The predicted octanol–water partition coefficient (Wildman–Crippen LogP) is 3.32. The highest BCUT2D eigenvalue weighted by molar-refractivity contribution is 8.01. The first-order valence-corrected chi connectivity index (χ1v) is 10.00. The third-order valence-corrected chi connectivity index (χ3v) is 5.62. The van der Waals surface area contributed by atoms with Crippen molar-refractivity contribution in [3.05, 3.63) is 35.9 Å². The SMILES string of the molecule is CCC(CC)C(=O)Nc1nnc(SCC(=O)NCc2ccccc2)s1. The molecule has 25 heavy (non-hydrogen) atoms. The van der Waals surface area contributed by atoms with Crippen LogP contribution in [0, 0.1) is 5.92 Å². The van der Waals surface area contributed by atoms with Gasteiger partial charge in [0.05, 0.1) is 5.75 Å². The third kappa shape index (κ3) is 6.47. The Labute approximate surface area is 155 Å². The summed E-state index contributed by atoms with van der Waals surface area (Å²) in [4.78, 5) is 23.9. The van der Waals surface area contributed by atoms with Crippen LogP contribution in [-0.4, -0.2) is 27.8 Å². The van der Waals surface area contributed by atoms with Crippen LogP contribution in [0.2, 0.25) is 0 Å². The molecule has 134 valence electrons. The van der Waals surface area contributed by atoms with Crippen LogP contribution in [0.1, 0.15) is 32.3 Å². The van der Waals surface area contributed by atoms with Gasteiger partial charge in [-0.1, -0.05) is 67.3 Å². The molecule has 6 nitrogen and oxygen atoms in total. The number of nitrogens with zero attached hydrogens (tertiary/aromatic N) is 2. The van der Waals surface area contributed by atoms with E-state index < -0.39 is 0 Å². The normalized spacial score (nSPS) is 10.7. The minimum Gasteiger partial charge on any atom is -0.351 e. The second-order valence-electron chi connectivity index (χ2n) is 5.43. The molecule has 2 aromatic rings. The lowest BCUT2D eigenvalue weighted by Gasteiger charge is -2.09. The second-order valence-corrected chi connectivity index (χ2v) is 7.63. The average Bonchev–Trinajstić information content (AvgIpc) is 3.07. The summed E-state index contributed by atoms with van der Waals surface area (Å²) in [6.45, 7) is 4.49. The second kappa shape index (κ2) is 10.1. The van der Waals surface area contributed by atoms with Gasteiger partial charge in [0.25, 0.3) is 0 Å². The fourth-order valence-corrected chi connectivity index (χ4v) is 3.75. The van der Waals surface area contributed by atoms with E-state index in [-0.39, 0.29) is 23.5 Å². The van der Waals surface area contributed by atoms with Gasteiger partial charge in [0, 0.05) is 12.5 Å². The molecule has 2 rings (SSSR count). The molecule has 0 atom stereocenters. The van der Waals surface area contributed by atoms with Gasteiger partial charge < -0.3 is 10.6 Å². The Morgan fingerprint density at radius 2 is 1.88 bits per heavy atom. The van der Waals surface area contributed by atoms with Crippen LogP contribution >= 0.6 is 23.1 Å². The number of hydrogen-bond acceptors (Lipinski definition) is 6. The van der Waals surface area contributed by atoms with Crippen molar-refractivity contribution in [3.63, 3.8) is 0 Å². The molecule has 0 aliphatic rings. The standard InChI is InChI=1S/C17H22N4O2S2/c1-3-13(4-2)15(23)19-16-20-21-17(25-16)24-11-14(22)18-10-12-8-6-5-7-9-12/h5-9,13H,3-4,10-11H2,1-2H3,(H,18,22)(H,19,20,23). The van der Waals surface area contributed by atoms with E-state index >= 15 is 0 Å². The number of benzene rings is 1. The lowest BCUT2D eigenvalue weighted by Crippen LogP contribution is -2.24. The molecule has 0 aliphatic carbocycles. The van der Waals surface area contributed by atoms with Crippen molar-refractivity contribution >= 4 is 40.0 Å². The van der Waals surface area contributed by atoms with Gasteiger partial charge in [-0.3, -0.25) is 9.59 Å². The Balaban J connectivity index is 1.75. The first-order chi connectivity index (χ1) is 12.1. The Hall–Kier alpha value is -1.93. The maximum atomic E-state index is 12.0. The van der Waals surface area contributed by atoms with E-state index in [1.165, 1.54) is 23.1 Å². The molecule has 0 saturated heterocycles. The minimum atomic E-state index is -0.0633. The van der Waals surface area contributed by atoms with E-state index in [2.05, 4.69) is 20.8 Å². The van der Waals surface area contributed by atoms with Crippen LogP contribution in [0.3, 0.4) is 0 Å². The molecule has 2 amide bonds. The molecule has 0 bridgehead atoms. The number of nitrogens with one attached hydrogen (secondary N) is 2. The summed E-state index contributed by atoms with van der Waals surface area (Å²) < 4.78 is 0.662. The fraction of sp³-hybridized carbons (Fsp3) is 0.412. The van der Waals surface area contributed by atoms with Gasteiger partial charge in [-0.15, -0.1) is 10.2 Å². The maximum Gasteiger partial charge on any atom is 0.230 e. The molecule has 1 aromatic heterocycles. The summed E-state index contributed by atoms with van der Waals surface area (Å²) in [5, 5.41) is 14.1. The summed E-state index contributed by atoms with van der Waals surface area (Å²) >= 11 is 2.60. The quantitative estimate of drug-likeness (QED) is 0.516. The van der Waals surface area contributed by atoms with Crippen molar-refractivity contribution in [1.82, 2.24) is 15.5 Å². The van der Waals surface area contributed by atoms with Crippen molar-refractivity contribution in [2.75, 3.05) is 11.1 Å². The molecule has 0 aliphatic heterocycles. The zero-order chi connectivity index (χ0) is 18.1. The lowest BCUT2D eigenvalue weighted by molar-refractivity contribution is -0.120. The highest BCUT2D eigenvalue weighted by atomic mass is 32.2. The number of anilines is 1. The largest absolute Gasteiger partial charge is 0.351 e. The van der Waals surface area contributed by atoms with Gasteiger partial charge in [-0.05, 0) is 18.4 Å². The van der Waals surface area contributed by atoms with E-state index in [0.29, 0.717) is 16.0 Å². The molecule has 0 spiro atoms. The van der Waals surface area contributed by atoms with Crippen molar-refractivity contribution in [2.45, 2.75) is 37.6 Å². The van der Waals surface area contributed by atoms with Gasteiger partial charge in [0.1, 0.15) is 0 Å². The topological polar surface area (TPSA) is 84.0 Å². The summed E-state index contributed by atoms with van der Waals surface area (Å²) in [6.07, 6.45) is 1.59. The number of carbonyl (C=O) groups is 2. The Kier molecular flexibility index (Phi) is 7.87. The van der Waals surface area contributed by atoms with E-state index in [0.717, 1.165) is 18.4 Å². The minimum absolute atomic E-state index is 0.0104. The molecular formula is C17H22N4O2S2. The first kappa shape index (κ1) is 19.4. The molecule has 1 aromatic carbocycles. The number of amides is 2. The Bertz CT molecular complexity index is 687. The van der Waals surface area contributed by atoms with Gasteiger partial charge in [0.2, 0.25) is 16.9 Å². The zero-order valence-electron chi connectivity index (χ0n) is 14.3. The third-order valence-electron chi connectivity index (χ3n) is 3.65. The monoisotopic (exact) mass is 378 g/mol. The maximum absolute atomic E-state index is 12.0. The molecule has 8 heteroatoms.